The highest BCUT2D eigenvalue weighted by molar-refractivity contribution is 5.89. The maximum atomic E-state index is 11.1. The van der Waals surface area contributed by atoms with E-state index in [-0.39, 0.29) is 0 Å². The fourth-order valence-electron chi connectivity index (χ4n) is 3.75. The second-order valence-electron chi connectivity index (χ2n) is 6.99. The average Bonchev–Trinajstić information content (AvgIpc) is 2.84. The monoisotopic (exact) mass is 289 g/mol. The Morgan fingerprint density at radius 3 is 2.52 bits per heavy atom. The lowest BCUT2D eigenvalue weighted by Gasteiger charge is -2.31. The quantitative estimate of drug-likeness (QED) is 0.797. The van der Waals surface area contributed by atoms with Crippen LogP contribution in [0.3, 0.4) is 0 Å². The molecule has 2 N–H and O–H groups in total. The van der Waals surface area contributed by atoms with Gasteiger partial charge in [-0.05, 0) is 61.3 Å². The minimum atomic E-state index is -0.855. The zero-order valence-electron chi connectivity index (χ0n) is 13.4. The molecule has 0 radical (unpaired) electrons. The molecular formula is C18H27NO2. The first-order chi connectivity index (χ1) is 9.92. The van der Waals surface area contributed by atoms with Crippen LogP contribution in [-0.4, -0.2) is 17.6 Å². The summed E-state index contributed by atoms with van der Waals surface area (Å²) in [7, 11) is 0. The second-order valence-corrected chi connectivity index (χ2v) is 6.99. The summed E-state index contributed by atoms with van der Waals surface area (Å²) in [4.78, 5) is 11.1. The summed E-state index contributed by atoms with van der Waals surface area (Å²) in [6.45, 7) is 7.45. The summed E-state index contributed by atoms with van der Waals surface area (Å²) < 4.78 is 0. The number of hydrogen-bond donors (Lipinski definition) is 2. The molecule has 0 unspecified atom stereocenters. The number of carboxylic acid groups (broad SMARTS) is 1. The minimum absolute atomic E-state index is 0.387. The first kappa shape index (κ1) is 15.9. The highest BCUT2D eigenvalue weighted by Gasteiger charge is 2.34. The Kier molecular flexibility index (Phi) is 4.92. The molecule has 1 aromatic rings. The Labute approximate surface area is 127 Å². The second kappa shape index (κ2) is 6.50. The third-order valence-corrected chi connectivity index (χ3v) is 4.63. The maximum Gasteiger partial charge on any atom is 0.335 e. The molecule has 2 rings (SSSR count). The third kappa shape index (κ3) is 3.99. The van der Waals surface area contributed by atoms with Gasteiger partial charge in [-0.2, -0.15) is 0 Å². The summed E-state index contributed by atoms with van der Waals surface area (Å²) in [6, 6.07) is 5.53. The molecular weight excluding hydrogens is 262 g/mol. The van der Waals surface area contributed by atoms with Crippen molar-refractivity contribution in [2.24, 2.45) is 11.3 Å². The van der Waals surface area contributed by atoms with E-state index in [9.17, 15) is 4.79 Å². The van der Waals surface area contributed by atoms with Crippen LogP contribution in [0.4, 0.5) is 5.69 Å². The molecule has 0 amide bonds. The van der Waals surface area contributed by atoms with Crippen LogP contribution < -0.4 is 5.32 Å². The number of benzene rings is 1. The predicted molar refractivity (Wildman–Crippen MR) is 87.0 cm³/mol. The largest absolute Gasteiger partial charge is 0.478 e. The molecule has 0 spiro atoms. The zero-order chi connectivity index (χ0) is 15.5. The molecule has 3 heteroatoms. The van der Waals surface area contributed by atoms with Gasteiger partial charge in [-0.1, -0.05) is 26.7 Å². The first-order valence-electron chi connectivity index (χ1n) is 8.00. The number of carbonyl (C=O) groups is 1. The normalized spacial score (nSPS) is 17.1. The minimum Gasteiger partial charge on any atom is -0.478 e. The summed E-state index contributed by atoms with van der Waals surface area (Å²) >= 11 is 0. The van der Waals surface area contributed by atoms with Gasteiger partial charge in [0, 0.05) is 12.2 Å². The van der Waals surface area contributed by atoms with Crippen molar-refractivity contribution in [1.29, 1.82) is 0 Å². The molecule has 0 bridgehead atoms. The molecule has 3 nitrogen and oxygen atoms in total. The van der Waals surface area contributed by atoms with E-state index in [1.165, 1.54) is 32.1 Å². The van der Waals surface area contributed by atoms with Crippen LogP contribution in [0, 0.1) is 18.3 Å². The van der Waals surface area contributed by atoms with Gasteiger partial charge in [0.2, 0.25) is 0 Å². The van der Waals surface area contributed by atoms with E-state index in [1.807, 2.05) is 19.1 Å². The molecule has 116 valence electrons. The lowest BCUT2D eigenvalue weighted by Crippen LogP contribution is -2.28. The fraction of sp³-hybridized carbons (Fsp3) is 0.611. The lowest BCUT2D eigenvalue weighted by molar-refractivity contribution is 0.0696. The van der Waals surface area contributed by atoms with Crippen molar-refractivity contribution in [3.63, 3.8) is 0 Å². The van der Waals surface area contributed by atoms with Crippen molar-refractivity contribution in [3.8, 4) is 0 Å². The predicted octanol–water partition coefficient (Wildman–Crippen LogP) is 4.71. The van der Waals surface area contributed by atoms with Gasteiger partial charge in [0.25, 0.3) is 0 Å². The Hall–Kier alpha value is -1.51. The van der Waals surface area contributed by atoms with Crippen molar-refractivity contribution < 1.29 is 9.90 Å². The molecule has 1 fully saturated rings. The van der Waals surface area contributed by atoms with Gasteiger partial charge in [-0.15, -0.1) is 0 Å². The number of hydrogen-bond acceptors (Lipinski definition) is 2. The Morgan fingerprint density at radius 2 is 2.00 bits per heavy atom. The molecule has 1 saturated carbocycles. The van der Waals surface area contributed by atoms with Crippen LogP contribution in [0.2, 0.25) is 0 Å². The smallest absolute Gasteiger partial charge is 0.335 e. The molecule has 0 atom stereocenters. The fourth-order valence-corrected chi connectivity index (χ4v) is 3.75. The number of rotatable bonds is 6. The van der Waals surface area contributed by atoms with E-state index in [0.717, 1.165) is 23.7 Å². The molecule has 1 aromatic carbocycles. The standard InChI is InChI=1S/C18H27NO2/c1-13(2)11-18(8-4-5-9-18)12-19-15-6-7-16(17(20)21)14(3)10-15/h6-7,10,13,19H,4-5,8-9,11-12H2,1-3H3,(H,20,21). The highest BCUT2D eigenvalue weighted by atomic mass is 16.4. The molecule has 0 aromatic heterocycles. The molecule has 0 saturated heterocycles. The van der Waals surface area contributed by atoms with E-state index < -0.39 is 5.97 Å². The van der Waals surface area contributed by atoms with Crippen molar-refractivity contribution in [1.82, 2.24) is 0 Å². The Balaban J connectivity index is 2.04. The summed E-state index contributed by atoms with van der Waals surface area (Å²) in [5, 5.41) is 12.6. The highest BCUT2D eigenvalue weighted by Crippen LogP contribution is 2.43. The number of aryl methyl sites for hydroxylation is 1. The van der Waals surface area contributed by atoms with Gasteiger partial charge in [0.05, 0.1) is 5.56 Å². The molecule has 0 aliphatic heterocycles. The van der Waals surface area contributed by atoms with Gasteiger partial charge in [0.1, 0.15) is 0 Å². The van der Waals surface area contributed by atoms with Crippen molar-refractivity contribution in [2.75, 3.05) is 11.9 Å². The third-order valence-electron chi connectivity index (χ3n) is 4.63. The first-order valence-corrected chi connectivity index (χ1v) is 8.00. The van der Waals surface area contributed by atoms with E-state index in [0.29, 0.717) is 11.0 Å². The van der Waals surface area contributed by atoms with Crippen LogP contribution >= 0.6 is 0 Å². The van der Waals surface area contributed by atoms with E-state index in [1.54, 1.807) is 6.07 Å². The molecule has 0 heterocycles. The van der Waals surface area contributed by atoms with Gasteiger partial charge in [0.15, 0.2) is 0 Å². The van der Waals surface area contributed by atoms with E-state index >= 15 is 0 Å². The number of aromatic carboxylic acids is 1. The number of carboxylic acids is 1. The van der Waals surface area contributed by atoms with Crippen LogP contribution in [0.25, 0.3) is 0 Å². The van der Waals surface area contributed by atoms with Gasteiger partial charge in [-0.3, -0.25) is 0 Å². The SMILES string of the molecule is Cc1cc(NCC2(CC(C)C)CCCC2)ccc1C(=O)O. The van der Waals surface area contributed by atoms with Crippen molar-refractivity contribution in [3.05, 3.63) is 29.3 Å². The number of anilines is 1. The molecule has 21 heavy (non-hydrogen) atoms. The zero-order valence-corrected chi connectivity index (χ0v) is 13.4. The van der Waals surface area contributed by atoms with Crippen LogP contribution in [0.15, 0.2) is 18.2 Å². The number of nitrogens with one attached hydrogen (secondary N) is 1. The van der Waals surface area contributed by atoms with E-state index in [4.69, 9.17) is 5.11 Å². The summed E-state index contributed by atoms with van der Waals surface area (Å²) in [6.07, 6.45) is 6.57. The van der Waals surface area contributed by atoms with Crippen LogP contribution in [-0.2, 0) is 0 Å². The molecule has 1 aliphatic carbocycles. The maximum absolute atomic E-state index is 11.1. The van der Waals surface area contributed by atoms with Gasteiger partial charge >= 0.3 is 5.97 Å². The van der Waals surface area contributed by atoms with Crippen LogP contribution in [0.1, 0.15) is 61.9 Å². The van der Waals surface area contributed by atoms with Gasteiger partial charge in [-0.25, -0.2) is 4.79 Å². The van der Waals surface area contributed by atoms with Crippen molar-refractivity contribution >= 4 is 11.7 Å². The summed E-state index contributed by atoms with van der Waals surface area (Å²) in [5.74, 6) is -0.132. The van der Waals surface area contributed by atoms with Crippen LogP contribution in [0.5, 0.6) is 0 Å². The summed E-state index contributed by atoms with van der Waals surface area (Å²) in [5.41, 5.74) is 2.66. The average molecular weight is 289 g/mol. The molecule has 1 aliphatic rings. The Bertz CT molecular complexity index is 502. The van der Waals surface area contributed by atoms with Crippen molar-refractivity contribution in [2.45, 2.75) is 52.9 Å². The van der Waals surface area contributed by atoms with E-state index in [2.05, 4.69) is 19.2 Å². The Morgan fingerprint density at radius 1 is 1.33 bits per heavy atom. The topological polar surface area (TPSA) is 49.3 Å². The van der Waals surface area contributed by atoms with Gasteiger partial charge < -0.3 is 10.4 Å². The lowest BCUT2D eigenvalue weighted by atomic mass is 9.78.